The number of carbonyl (C=O) groups is 3. The van der Waals surface area contributed by atoms with Gasteiger partial charge in [0.25, 0.3) is 5.91 Å². The number of nitrogens with one attached hydrogen (secondary N) is 1. The summed E-state index contributed by atoms with van der Waals surface area (Å²) in [5, 5.41) is 2.10. The Labute approximate surface area is 153 Å². The van der Waals surface area contributed by atoms with Gasteiger partial charge in [0.1, 0.15) is 0 Å². The van der Waals surface area contributed by atoms with Crippen molar-refractivity contribution in [2.75, 3.05) is 13.2 Å². The predicted molar refractivity (Wildman–Crippen MR) is 96.6 cm³/mol. The van der Waals surface area contributed by atoms with Gasteiger partial charge in [0.2, 0.25) is 11.7 Å². The van der Waals surface area contributed by atoms with Crippen LogP contribution in [0.15, 0.2) is 24.3 Å². The number of primary amides is 1. The molecular weight excluding hydrogens is 425 g/mol. The molecule has 0 spiro atoms. The number of halogens is 1. The van der Waals surface area contributed by atoms with Crippen molar-refractivity contribution in [1.82, 2.24) is 5.32 Å². The second-order valence-electron chi connectivity index (χ2n) is 5.18. The summed E-state index contributed by atoms with van der Waals surface area (Å²) >= 11 is 2.15. The molecule has 1 aromatic carbocycles. The molecule has 0 heterocycles. The second kappa shape index (κ2) is 9.67. The van der Waals surface area contributed by atoms with Crippen LogP contribution in [0.2, 0.25) is 0 Å². The van der Waals surface area contributed by atoms with Crippen LogP contribution in [0.1, 0.15) is 29.6 Å². The van der Waals surface area contributed by atoms with Gasteiger partial charge < -0.3 is 15.8 Å². The van der Waals surface area contributed by atoms with E-state index in [1.807, 2.05) is 18.2 Å². The van der Waals surface area contributed by atoms with Gasteiger partial charge in [-0.2, -0.15) is 0 Å². The summed E-state index contributed by atoms with van der Waals surface area (Å²) in [5.41, 5.74) is 16.2. The molecule has 0 saturated heterocycles. The van der Waals surface area contributed by atoms with Gasteiger partial charge >= 0.3 is 0 Å². The smallest absolute Gasteiger partial charge is 0.273 e. The quantitative estimate of drug-likeness (QED) is 0.170. The zero-order valence-corrected chi connectivity index (χ0v) is 15.2. The summed E-state index contributed by atoms with van der Waals surface area (Å²) in [6.07, 6.45) is 0.891. The number of hydrogen-bond donors (Lipinski definition) is 4. The minimum absolute atomic E-state index is 0.0196. The number of ketones is 1. The fourth-order valence-corrected chi connectivity index (χ4v) is 2.31. The van der Waals surface area contributed by atoms with Crippen LogP contribution in [0.5, 0.6) is 0 Å². The molecule has 0 unspecified atom stereocenters. The highest BCUT2D eigenvalue weighted by molar-refractivity contribution is 14.1. The zero-order chi connectivity index (χ0) is 18.2. The third-order valence-electron chi connectivity index (χ3n) is 3.07. The normalized spacial score (nSPS) is 11.1. The molecule has 2 amide bonds. The van der Waals surface area contributed by atoms with Crippen molar-refractivity contribution < 1.29 is 19.1 Å². The maximum absolute atomic E-state index is 12.0. The molecule has 0 aliphatic rings. The van der Waals surface area contributed by atoms with Crippen molar-refractivity contribution in [2.24, 2.45) is 17.2 Å². The van der Waals surface area contributed by atoms with Crippen LogP contribution in [-0.2, 0) is 14.3 Å². The molecule has 1 rings (SSSR count). The maximum atomic E-state index is 12.0. The van der Waals surface area contributed by atoms with E-state index >= 15 is 0 Å². The van der Waals surface area contributed by atoms with E-state index in [1.165, 1.54) is 0 Å². The van der Waals surface area contributed by atoms with Gasteiger partial charge in [-0.15, -0.1) is 0 Å². The third kappa shape index (κ3) is 7.34. The molecule has 0 aromatic heterocycles. The first-order chi connectivity index (χ1) is 11.2. The Morgan fingerprint density at radius 2 is 1.88 bits per heavy atom. The van der Waals surface area contributed by atoms with Gasteiger partial charge in [-0.1, -0.05) is 12.1 Å². The van der Waals surface area contributed by atoms with Crippen molar-refractivity contribution in [3.63, 3.8) is 0 Å². The van der Waals surface area contributed by atoms with E-state index in [9.17, 15) is 14.4 Å². The van der Waals surface area contributed by atoms with E-state index in [0.29, 0.717) is 25.0 Å². The lowest BCUT2D eigenvalue weighted by atomic mass is 10.1. The molecule has 0 aliphatic carbocycles. The highest BCUT2D eigenvalue weighted by Crippen LogP contribution is 2.10. The molecule has 1 aromatic rings. The summed E-state index contributed by atoms with van der Waals surface area (Å²) < 4.78 is 6.28. The first kappa shape index (κ1) is 20.5. The van der Waals surface area contributed by atoms with Gasteiger partial charge in [-0.3, -0.25) is 25.9 Å². The molecule has 24 heavy (non-hydrogen) atoms. The van der Waals surface area contributed by atoms with Gasteiger partial charge in [-0.25, -0.2) is 0 Å². The molecule has 9 heteroatoms. The van der Waals surface area contributed by atoms with Gasteiger partial charge in [0.15, 0.2) is 5.78 Å². The van der Waals surface area contributed by atoms with E-state index in [1.54, 1.807) is 6.07 Å². The minimum Gasteiger partial charge on any atom is -0.381 e. The first-order valence-corrected chi connectivity index (χ1v) is 8.35. The lowest BCUT2D eigenvalue weighted by Gasteiger charge is -2.21. The Morgan fingerprint density at radius 3 is 2.50 bits per heavy atom. The van der Waals surface area contributed by atoms with Crippen LogP contribution in [-0.4, -0.2) is 36.6 Å². The molecule has 0 aliphatic heterocycles. The average Bonchev–Trinajstić information content (AvgIpc) is 2.49. The number of benzene rings is 1. The van der Waals surface area contributed by atoms with Crippen molar-refractivity contribution in [3.05, 3.63) is 33.4 Å². The molecular formula is C15H21IN4O4. The SMILES string of the molecule is NC(=O)C(N)(N)NC(=O)CCOCCCC(=O)c1cccc([125I])c1. The van der Waals surface area contributed by atoms with E-state index < -0.39 is 17.6 Å². The number of rotatable bonds is 10. The van der Waals surface area contributed by atoms with Crippen LogP contribution in [0, 0.1) is 3.57 Å². The van der Waals surface area contributed by atoms with E-state index in [4.69, 9.17) is 21.9 Å². The topological polar surface area (TPSA) is 151 Å². The van der Waals surface area contributed by atoms with Gasteiger partial charge in [0.05, 0.1) is 13.0 Å². The van der Waals surface area contributed by atoms with Crippen LogP contribution < -0.4 is 22.5 Å². The standard InChI is InChI=1S/C15H21IN4O4/c16-11-4-1-3-10(9-11)12(21)5-2-7-24-8-6-13(22)20-15(18,19)14(17)23/h1,3-4,9H,2,5-8,18-19H2,(H2,17,23)(H,20,22)/i16-2. The van der Waals surface area contributed by atoms with Crippen molar-refractivity contribution in [3.8, 4) is 0 Å². The molecule has 0 atom stereocenters. The highest BCUT2D eigenvalue weighted by Gasteiger charge is 2.28. The summed E-state index contributed by atoms with van der Waals surface area (Å²) in [4.78, 5) is 34.3. The molecule has 132 valence electrons. The van der Waals surface area contributed by atoms with Crippen LogP contribution in [0.4, 0.5) is 0 Å². The van der Waals surface area contributed by atoms with E-state index in [0.717, 1.165) is 3.57 Å². The highest BCUT2D eigenvalue weighted by atomic mass is 125. The van der Waals surface area contributed by atoms with Gasteiger partial charge in [0, 0.05) is 22.2 Å². The monoisotopic (exact) mass is 446 g/mol. The lowest BCUT2D eigenvalue weighted by Crippen LogP contribution is -2.70. The first-order valence-electron chi connectivity index (χ1n) is 7.27. The number of carbonyl (C=O) groups excluding carboxylic acids is 3. The molecule has 0 bridgehead atoms. The maximum Gasteiger partial charge on any atom is 0.273 e. The Bertz CT molecular complexity index is 607. The molecule has 0 fully saturated rings. The molecule has 0 saturated carbocycles. The third-order valence-corrected chi connectivity index (χ3v) is 3.74. The zero-order valence-electron chi connectivity index (χ0n) is 13.1. The summed E-state index contributed by atoms with van der Waals surface area (Å²) in [6, 6.07) is 7.37. The fourth-order valence-electron chi connectivity index (χ4n) is 1.76. The Morgan fingerprint density at radius 1 is 1.17 bits per heavy atom. The Balaban J connectivity index is 2.17. The Kier molecular flexibility index (Phi) is 8.25. The largest absolute Gasteiger partial charge is 0.381 e. The molecule has 0 radical (unpaired) electrons. The van der Waals surface area contributed by atoms with Gasteiger partial charge in [-0.05, 0) is 41.1 Å². The second-order valence-corrected chi connectivity index (χ2v) is 6.43. The molecule has 7 N–H and O–H groups in total. The summed E-state index contributed by atoms with van der Waals surface area (Å²) in [7, 11) is 0. The number of Topliss-reactive ketones (excluding diaryl/α,β-unsaturated/α-hetero) is 1. The van der Waals surface area contributed by atoms with E-state index in [2.05, 4.69) is 27.9 Å². The van der Waals surface area contributed by atoms with Crippen molar-refractivity contribution >= 4 is 40.2 Å². The van der Waals surface area contributed by atoms with E-state index in [-0.39, 0.29) is 18.8 Å². The van der Waals surface area contributed by atoms with Crippen molar-refractivity contribution in [1.29, 1.82) is 0 Å². The lowest BCUT2D eigenvalue weighted by molar-refractivity contribution is -0.131. The number of nitrogens with two attached hydrogens (primary N) is 3. The summed E-state index contributed by atoms with van der Waals surface area (Å²) in [6.45, 7) is 0.466. The minimum atomic E-state index is -2.07. The number of ether oxygens (including phenoxy) is 1. The predicted octanol–water partition coefficient (Wildman–Crippen LogP) is -0.166. The van der Waals surface area contributed by atoms with Crippen LogP contribution >= 0.6 is 22.6 Å². The summed E-state index contributed by atoms with van der Waals surface area (Å²) in [5.74, 6) is -3.61. The van der Waals surface area contributed by atoms with Crippen molar-refractivity contribution in [2.45, 2.75) is 25.0 Å². The number of amides is 2. The van der Waals surface area contributed by atoms with Crippen LogP contribution in [0.25, 0.3) is 0 Å². The average molecular weight is 446 g/mol. The fraction of sp³-hybridized carbons (Fsp3) is 0.400. The molecule has 8 nitrogen and oxygen atoms in total. The Hall–Kier alpha value is -1.56. The van der Waals surface area contributed by atoms with Crippen LogP contribution in [0.3, 0.4) is 0 Å². The number of hydrogen-bond acceptors (Lipinski definition) is 6.